The maximum Gasteiger partial charge on any atom is 0.120 e. The lowest BCUT2D eigenvalue weighted by Crippen LogP contribution is -2.14. The molecule has 4 bridgehead atoms. The van der Waals surface area contributed by atoms with Crippen LogP contribution < -0.4 is 9.47 Å². The fraction of sp³-hybridized carbons (Fsp3) is 0.235. The van der Waals surface area contributed by atoms with Gasteiger partial charge in [0.25, 0.3) is 0 Å². The minimum absolute atomic E-state index is 0.441. The van der Waals surface area contributed by atoms with Crippen LogP contribution in [0.15, 0.2) is 92.4 Å². The lowest BCUT2D eigenvalue weighted by atomic mass is 9.84. The van der Waals surface area contributed by atoms with Crippen LogP contribution >= 0.6 is 46.7 Å². The van der Waals surface area contributed by atoms with E-state index in [0.717, 1.165) is 56.0 Å². The summed E-state index contributed by atoms with van der Waals surface area (Å²) in [7, 11) is 0. The zero-order valence-electron chi connectivity index (χ0n) is 22.8. The molecule has 0 atom stereocenters. The molecular formula is C34H28Cl2O4S2. The summed E-state index contributed by atoms with van der Waals surface area (Å²) in [5.41, 5.74) is 9.06. The second kappa shape index (κ2) is 12.6. The topological polar surface area (TPSA) is 36.9 Å². The minimum Gasteiger partial charge on any atom is -0.491 e. The molecule has 0 saturated carbocycles. The van der Waals surface area contributed by atoms with Gasteiger partial charge in [0.2, 0.25) is 0 Å². The van der Waals surface area contributed by atoms with E-state index in [0.29, 0.717) is 51.4 Å². The van der Waals surface area contributed by atoms with Crippen molar-refractivity contribution in [3.05, 3.63) is 106 Å². The van der Waals surface area contributed by atoms with Crippen molar-refractivity contribution >= 4 is 57.9 Å². The first kappa shape index (κ1) is 28.2. The number of fused-ring (bicyclic) bond motifs is 6. The van der Waals surface area contributed by atoms with E-state index in [1.807, 2.05) is 12.1 Å². The van der Waals surface area contributed by atoms with Gasteiger partial charge in [0, 0.05) is 42.5 Å². The third-order valence-corrected chi connectivity index (χ3v) is 10.4. The van der Waals surface area contributed by atoms with Gasteiger partial charge in [0.15, 0.2) is 0 Å². The van der Waals surface area contributed by atoms with Crippen LogP contribution in [0.4, 0.5) is 0 Å². The molecule has 3 aliphatic rings. The molecule has 0 aliphatic carbocycles. The zero-order valence-corrected chi connectivity index (χ0v) is 25.9. The second-order valence-electron chi connectivity index (χ2n) is 10.1. The predicted octanol–water partition coefficient (Wildman–Crippen LogP) is 8.91. The largest absolute Gasteiger partial charge is 0.491 e. The van der Waals surface area contributed by atoms with Crippen LogP contribution in [0.25, 0.3) is 11.1 Å². The lowest BCUT2D eigenvalue weighted by molar-refractivity contribution is 0.0273. The summed E-state index contributed by atoms with van der Waals surface area (Å²) < 4.78 is 23.8. The highest BCUT2D eigenvalue weighted by atomic mass is 35.5. The van der Waals surface area contributed by atoms with E-state index < -0.39 is 0 Å². The molecule has 42 heavy (non-hydrogen) atoms. The van der Waals surface area contributed by atoms with Gasteiger partial charge in [0.05, 0.1) is 26.4 Å². The number of rotatable bonds is 2. The molecule has 0 spiro atoms. The van der Waals surface area contributed by atoms with Crippen molar-refractivity contribution in [1.29, 1.82) is 0 Å². The molecule has 8 heteroatoms. The van der Waals surface area contributed by atoms with Crippen LogP contribution in [0.3, 0.4) is 0 Å². The lowest BCUT2D eigenvalue weighted by Gasteiger charge is -2.30. The van der Waals surface area contributed by atoms with E-state index >= 15 is 0 Å². The first-order valence-corrected chi connectivity index (χ1v) is 16.6. The predicted molar refractivity (Wildman–Crippen MR) is 171 cm³/mol. The Morgan fingerprint density at radius 3 is 1.29 bits per heavy atom. The summed E-state index contributed by atoms with van der Waals surface area (Å²) in [6.07, 6.45) is 0. The van der Waals surface area contributed by atoms with E-state index in [1.54, 1.807) is 23.5 Å². The van der Waals surface area contributed by atoms with Crippen molar-refractivity contribution in [2.24, 2.45) is 0 Å². The smallest absolute Gasteiger partial charge is 0.120 e. The highest BCUT2D eigenvalue weighted by molar-refractivity contribution is 8.00. The second-order valence-corrected chi connectivity index (χ2v) is 12.8. The summed E-state index contributed by atoms with van der Waals surface area (Å²) in [5.74, 6) is 2.50. The standard InChI is InChI=1S/C34H28Cl2O4S2/c35-19-21-1-5-29-25(15-21)33-27-17-23(3-7-31(27)41-29)39-13-11-37-9-10-38-12-14-40-24-4-8-32-28(18-24)34(33)26-16-22(20-36)2-6-30(26)42-32/h1-8,15-18H,9-14,19-20H2. The minimum atomic E-state index is 0.441. The van der Waals surface area contributed by atoms with Gasteiger partial charge in [0.1, 0.15) is 24.7 Å². The van der Waals surface area contributed by atoms with E-state index in [9.17, 15) is 0 Å². The average Bonchev–Trinajstić information content (AvgIpc) is 3.02. The maximum atomic E-state index is 6.39. The van der Waals surface area contributed by atoms with Crippen LogP contribution in [0.5, 0.6) is 11.5 Å². The highest BCUT2D eigenvalue weighted by Gasteiger charge is 2.31. The van der Waals surface area contributed by atoms with Gasteiger partial charge in [-0.25, -0.2) is 0 Å². The van der Waals surface area contributed by atoms with Crippen molar-refractivity contribution in [3.8, 4) is 11.5 Å². The zero-order chi connectivity index (χ0) is 28.5. The molecule has 0 amide bonds. The SMILES string of the molecule is ClCc1ccc2c(c1)C1=C3c4cc(CCl)ccc4Sc4ccc(cc43)OCCOCCOCCOc3ccc(c1c3)S2. The van der Waals surface area contributed by atoms with Crippen molar-refractivity contribution in [2.45, 2.75) is 31.3 Å². The Labute approximate surface area is 264 Å². The maximum absolute atomic E-state index is 6.39. The van der Waals surface area contributed by atoms with E-state index in [2.05, 4.69) is 60.7 Å². The van der Waals surface area contributed by atoms with E-state index in [4.69, 9.17) is 42.1 Å². The Kier molecular flexibility index (Phi) is 8.44. The molecule has 0 N–H and O–H groups in total. The van der Waals surface area contributed by atoms with Crippen molar-refractivity contribution < 1.29 is 18.9 Å². The van der Waals surface area contributed by atoms with Gasteiger partial charge in [-0.2, -0.15) is 0 Å². The molecule has 0 unspecified atom stereocenters. The van der Waals surface area contributed by atoms with Gasteiger partial charge < -0.3 is 18.9 Å². The summed E-state index contributed by atoms with van der Waals surface area (Å²) in [4.78, 5) is 4.76. The molecule has 0 saturated heterocycles. The number of halogens is 2. The van der Waals surface area contributed by atoms with Crippen LogP contribution in [-0.2, 0) is 21.2 Å². The van der Waals surface area contributed by atoms with Gasteiger partial charge >= 0.3 is 0 Å². The number of ether oxygens (including phenoxy) is 4. The molecule has 4 aromatic carbocycles. The molecule has 3 heterocycles. The van der Waals surface area contributed by atoms with Gasteiger partial charge in [-0.15, -0.1) is 23.2 Å². The summed E-state index contributed by atoms with van der Waals surface area (Å²) >= 11 is 16.3. The first-order valence-electron chi connectivity index (χ1n) is 13.9. The Hall–Kier alpha value is -2.58. The van der Waals surface area contributed by atoms with Crippen LogP contribution in [0, 0.1) is 0 Å². The monoisotopic (exact) mass is 634 g/mol. The summed E-state index contributed by atoms with van der Waals surface area (Å²) in [5, 5.41) is 0. The Morgan fingerprint density at radius 1 is 0.476 bits per heavy atom. The number of hydrogen-bond acceptors (Lipinski definition) is 6. The van der Waals surface area contributed by atoms with E-state index in [-0.39, 0.29) is 0 Å². The molecule has 3 aliphatic heterocycles. The molecule has 4 nitrogen and oxygen atoms in total. The Balaban J connectivity index is 1.53. The Bertz CT molecular complexity index is 1560. The van der Waals surface area contributed by atoms with Crippen molar-refractivity contribution in [1.82, 2.24) is 0 Å². The fourth-order valence-electron chi connectivity index (χ4n) is 5.48. The molecule has 0 aromatic heterocycles. The quantitative estimate of drug-likeness (QED) is 0.177. The molecule has 0 fully saturated rings. The molecular weight excluding hydrogens is 607 g/mol. The normalized spacial score (nSPS) is 16.3. The average molecular weight is 636 g/mol. The van der Waals surface area contributed by atoms with Gasteiger partial charge in [-0.1, -0.05) is 35.7 Å². The third-order valence-electron chi connectivity index (χ3n) is 7.43. The van der Waals surface area contributed by atoms with Crippen molar-refractivity contribution in [3.63, 3.8) is 0 Å². The molecule has 4 aromatic rings. The van der Waals surface area contributed by atoms with Crippen LogP contribution in [0.1, 0.15) is 33.4 Å². The van der Waals surface area contributed by atoms with Crippen molar-refractivity contribution in [2.75, 3.05) is 39.6 Å². The number of hydrogen-bond donors (Lipinski definition) is 0. The van der Waals surface area contributed by atoms with Gasteiger partial charge in [-0.05, 0) is 94.1 Å². The van der Waals surface area contributed by atoms with E-state index in [1.165, 1.54) is 19.6 Å². The fourth-order valence-corrected chi connectivity index (χ4v) is 7.91. The van der Waals surface area contributed by atoms with Crippen LogP contribution in [-0.4, -0.2) is 39.6 Å². The molecule has 7 rings (SSSR count). The summed E-state index contributed by atoms with van der Waals surface area (Å²) in [6, 6.07) is 25.8. The summed E-state index contributed by atoms with van der Waals surface area (Å²) in [6.45, 7) is 2.92. The number of benzene rings is 4. The Morgan fingerprint density at radius 2 is 0.857 bits per heavy atom. The number of alkyl halides is 2. The molecule has 214 valence electrons. The first-order chi connectivity index (χ1) is 20.7. The van der Waals surface area contributed by atoms with Gasteiger partial charge in [-0.3, -0.25) is 0 Å². The third kappa shape index (κ3) is 5.57. The molecule has 0 radical (unpaired) electrons. The highest BCUT2D eigenvalue weighted by Crippen LogP contribution is 2.55. The van der Waals surface area contributed by atoms with Crippen LogP contribution in [0.2, 0.25) is 0 Å².